The van der Waals surface area contributed by atoms with Crippen molar-refractivity contribution in [3.8, 4) is 0 Å². The summed E-state index contributed by atoms with van der Waals surface area (Å²) < 4.78 is 10.8. The third-order valence-corrected chi connectivity index (χ3v) is 1.89. The Labute approximate surface area is 68.9 Å². The fraction of sp³-hybridized carbons (Fsp3) is 0.889. The molecule has 0 N–H and O–H groups in total. The molecule has 0 atom stereocenters. The van der Waals surface area contributed by atoms with Gasteiger partial charge in [-0.1, -0.05) is 13.3 Å². The van der Waals surface area contributed by atoms with Gasteiger partial charge in [0, 0.05) is 5.92 Å². The van der Waals surface area contributed by atoms with Crippen LogP contribution in [0.4, 0.5) is 0 Å². The molecule has 0 aromatic rings. The molecule has 1 rings (SSSR count). The van der Waals surface area contributed by atoms with Crippen molar-refractivity contribution in [1.82, 2.24) is 0 Å². The molecule has 0 spiro atoms. The summed E-state index contributed by atoms with van der Waals surface area (Å²) >= 11 is 0. The van der Waals surface area contributed by atoms with Crippen LogP contribution in [-0.4, -0.2) is 19.5 Å². The van der Waals surface area contributed by atoms with Gasteiger partial charge in [-0.25, -0.2) is 0 Å². The smallest absolute Gasteiger partial charge is 0.157 e. The minimum atomic E-state index is 0.0304. The highest BCUT2D eigenvalue weighted by molar-refractivity contribution is 4.63. The first-order valence-corrected chi connectivity index (χ1v) is 4.30. The second-order valence-corrected chi connectivity index (χ2v) is 2.99. The van der Waals surface area contributed by atoms with Crippen LogP contribution < -0.4 is 0 Å². The van der Waals surface area contributed by atoms with E-state index in [0.29, 0.717) is 12.3 Å². The molecule has 0 amide bonds. The van der Waals surface area contributed by atoms with Crippen molar-refractivity contribution >= 4 is 0 Å². The van der Waals surface area contributed by atoms with Crippen molar-refractivity contribution < 1.29 is 9.47 Å². The molecule has 1 heterocycles. The van der Waals surface area contributed by atoms with Gasteiger partial charge in [0.1, 0.15) is 0 Å². The van der Waals surface area contributed by atoms with Gasteiger partial charge < -0.3 is 9.47 Å². The number of ether oxygens (including phenoxy) is 2. The van der Waals surface area contributed by atoms with Crippen molar-refractivity contribution in [1.29, 1.82) is 0 Å². The van der Waals surface area contributed by atoms with Crippen LogP contribution in [-0.2, 0) is 9.47 Å². The van der Waals surface area contributed by atoms with Crippen LogP contribution in [0.5, 0.6) is 0 Å². The Hall–Kier alpha value is -0.0800. The van der Waals surface area contributed by atoms with Gasteiger partial charge in [0.15, 0.2) is 6.29 Å². The first kappa shape index (κ1) is 9.01. The molecule has 2 heteroatoms. The van der Waals surface area contributed by atoms with E-state index in [1.54, 1.807) is 0 Å². The molecule has 64 valence electrons. The van der Waals surface area contributed by atoms with Crippen molar-refractivity contribution in [3.05, 3.63) is 6.92 Å². The summed E-state index contributed by atoms with van der Waals surface area (Å²) in [5.41, 5.74) is 0. The summed E-state index contributed by atoms with van der Waals surface area (Å²) in [6, 6.07) is 0. The standard InChI is InChI=1S/C9H16O2/c1-3-5-9-10-6-8(4-2)7-11-9/h2,8-9H,3-7H2,1H3. The maximum Gasteiger partial charge on any atom is 0.157 e. The zero-order valence-electron chi connectivity index (χ0n) is 7.08. The second kappa shape index (κ2) is 4.73. The monoisotopic (exact) mass is 156 g/mol. The molecule has 1 aliphatic heterocycles. The summed E-state index contributed by atoms with van der Waals surface area (Å²) in [4.78, 5) is 0. The Balaban J connectivity index is 2.14. The zero-order chi connectivity index (χ0) is 8.10. The predicted molar refractivity (Wildman–Crippen MR) is 43.0 cm³/mol. The van der Waals surface area contributed by atoms with Crippen LogP contribution in [0.3, 0.4) is 0 Å². The summed E-state index contributed by atoms with van der Waals surface area (Å²) in [5.74, 6) is 0.406. The van der Waals surface area contributed by atoms with Crippen LogP contribution in [0.2, 0.25) is 0 Å². The topological polar surface area (TPSA) is 18.5 Å². The first-order valence-electron chi connectivity index (χ1n) is 4.30. The van der Waals surface area contributed by atoms with Crippen LogP contribution >= 0.6 is 0 Å². The van der Waals surface area contributed by atoms with E-state index in [2.05, 4.69) is 6.92 Å². The van der Waals surface area contributed by atoms with Gasteiger partial charge in [-0.2, -0.15) is 0 Å². The molecule has 0 aliphatic carbocycles. The molecule has 0 bridgehead atoms. The number of hydrogen-bond donors (Lipinski definition) is 0. The molecular weight excluding hydrogens is 140 g/mol. The lowest BCUT2D eigenvalue weighted by atomic mass is 10.1. The quantitative estimate of drug-likeness (QED) is 0.621. The largest absolute Gasteiger partial charge is 0.352 e. The highest BCUT2D eigenvalue weighted by atomic mass is 16.7. The van der Waals surface area contributed by atoms with Crippen molar-refractivity contribution in [2.75, 3.05) is 13.2 Å². The summed E-state index contributed by atoms with van der Waals surface area (Å²) in [5, 5.41) is 0. The zero-order valence-corrected chi connectivity index (χ0v) is 7.08. The van der Waals surface area contributed by atoms with Gasteiger partial charge in [-0.05, 0) is 19.8 Å². The molecule has 11 heavy (non-hydrogen) atoms. The second-order valence-electron chi connectivity index (χ2n) is 2.99. The van der Waals surface area contributed by atoms with E-state index in [-0.39, 0.29) is 6.29 Å². The van der Waals surface area contributed by atoms with Gasteiger partial charge in [-0.3, -0.25) is 0 Å². The van der Waals surface area contributed by atoms with E-state index in [9.17, 15) is 0 Å². The highest BCUT2D eigenvalue weighted by Gasteiger charge is 2.19. The van der Waals surface area contributed by atoms with E-state index in [4.69, 9.17) is 16.4 Å². The molecule has 0 unspecified atom stereocenters. The van der Waals surface area contributed by atoms with E-state index >= 15 is 0 Å². The van der Waals surface area contributed by atoms with E-state index < -0.39 is 0 Å². The summed E-state index contributed by atoms with van der Waals surface area (Å²) in [6.07, 6.45) is 2.80. The molecule has 0 aromatic carbocycles. The SMILES string of the molecule is [CH]CC1COC(CCC)OC1. The van der Waals surface area contributed by atoms with Gasteiger partial charge >= 0.3 is 0 Å². The van der Waals surface area contributed by atoms with E-state index in [1.165, 1.54) is 0 Å². The Morgan fingerprint density at radius 3 is 2.45 bits per heavy atom. The molecule has 2 radical (unpaired) electrons. The average Bonchev–Trinajstić information content (AvgIpc) is 2.07. The van der Waals surface area contributed by atoms with Gasteiger partial charge in [-0.15, -0.1) is 0 Å². The summed E-state index contributed by atoms with van der Waals surface area (Å²) in [7, 11) is 0. The molecule has 0 aromatic heterocycles. The molecule has 1 saturated heterocycles. The Morgan fingerprint density at radius 2 is 2.00 bits per heavy atom. The van der Waals surface area contributed by atoms with E-state index in [0.717, 1.165) is 26.1 Å². The van der Waals surface area contributed by atoms with Crippen molar-refractivity contribution in [2.24, 2.45) is 5.92 Å². The number of hydrogen-bond acceptors (Lipinski definition) is 2. The Bertz CT molecular complexity index is 95.7. The number of rotatable bonds is 3. The molecule has 0 saturated carbocycles. The minimum Gasteiger partial charge on any atom is -0.352 e. The lowest BCUT2D eigenvalue weighted by molar-refractivity contribution is -0.202. The fourth-order valence-electron chi connectivity index (χ4n) is 1.12. The minimum absolute atomic E-state index is 0.0304. The van der Waals surface area contributed by atoms with Crippen LogP contribution in [0.1, 0.15) is 26.2 Å². The maximum absolute atomic E-state index is 5.46. The van der Waals surface area contributed by atoms with Gasteiger partial charge in [0.05, 0.1) is 13.2 Å². The highest BCUT2D eigenvalue weighted by Crippen LogP contribution is 2.16. The van der Waals surface area contributed by atoms with Crippen molar-refractivity contribution in [3.63, 3.8) is 0 Å². The lowest BCUT2D eigenvalue weighted by Gasteiger charge is -2.28. The first-order chi connectivity index (χ1) is 5.36. The van der Waals surface area contributed by atoms with Crippen LogP contribution in [0.25, 0.3) is 0 Å². The fourth-order valence-corrected chi connectivity index (χ4v) is 1.12. The normalized spacial score (nSPS) is 32.2. The maximum atomic E-state index is 5.46. The third-order valence-electron chi connectivity index (χ3n) is 1.89. The lowest BCUT2D eigenvalue weighted by Crippen LogP contribution is -2.31. The van der Waals surface area contributed by atoms with Gasteiger partial charge in [0.25, 0.3) is 0 Å². The molecule has 1 aliphatic rings. The van der Waals surface area contributed by atoms with Crippen molar-refractivity contribution in [2.45, 2.75) is 32.5 Å². The molecule has 1 fully saturated rings. The third kappa shape index (κ3) is 2.80. The molecule has 2 nitrogen and oxygen atoms in total. The van der Waals surface area contributed by atoms with Crippen LogP contribution in [0, 0.1) is 12.8 Å². The Kier molecular flexibility index (Phi) is 3.87. The van der Waals surface area contributed by atoms with E-state index in [1.807, 2.05) is 0 Å². The average molecular weight is 156 g/mol. The predicted octanol–water partition coefficient (Wildman–Crippen LogP) is 1.88. The van der Waals surface area contributed by atoms with Crippen LogP contribution in [0.15, 0.2) is 0 Å². The van der Waals surface area contributed by atoms with Gasteiger partial charge in [0.2, 0.25) is 0 Å². The molecular formula is C9H16O2. The summed E-state index contributed by atoms with van der Waals surface area (Å²) in [6.45, 7) is 9.12. The Morgan fingerprint density at radius 1 is 1.36 bits per heavy atom.